The van der Waals surface area contributed by atoms with Gasteiger partial charge in [-0.05, 0) is 24.6 Å². The van der Waals surface area contributed by atoms with Crippen LogP contribution in [-0.2, 0) is 5.75 Å². The van der Waals surface area contributed by atoms with Crippen LogP contribution in [-0.4, -0.2) is 12.3 Å². The predicted molar refractivity (Wildman–Crippen MR) is 68.6 cm³/mol. The van der Waals surface area contributed by atoms with Crippen molar-refractivity contribution < 1.29 is 4.39 Å². The number of hydrogen-bond acceptors (Lipinski definition) is 2. The van der Waals surface area contributed by atoms with Crippen LogP contribution >= 0.6 is 23.4 Å². The molecule has 0 radical (unpaired) electrons. The summed E-state index contributed by atoms with van der Waals surface area (Å²) >= 11 is 7.55. The van der Waals surface area contributed by atoms with E-state index in [4.69, 9.17) is 11.6 Å². The van der Waals surface area contributed by atoms with Crippen LogP contribution in [0.4, 0.5) is 4.39 Å². The first-order valence-corrected chi connectivity index (χ1v) is 7.05. The highest BCUT2D eigenvalue weighted by Gasteiger charge is 2.23. The molecule has 4 heteroatoms. The first kappa shape index (κ1) is 12.2. The van der Waals surface area contributed by atoms with E-state index in [1.54, 1.807) is 17.8 Å². The first-order chi connectivity index (χ1) is 7.74. The zero-order valence-electron chi connectivity index (χ0n) is 9.22. The van der Waals surface area contributed by atoms with Gasteiger partial charge in [0.1, 0.15) is 5.82 Å². The minimum Gasteiger partial charge on any atom is -0.309 e. The summed E-state index contributed by atoms with van der Waals surface area (Å²) in [6.07, 6.45) is 1.09. The fourth-order valence-electron chi connectivity index (χ4n) is 1.94. The molecule has 0 spiro atoms. The summed E-state index contributed by atoms with van der Waals surface area (Å²) in [7, 11) is 0. The van der Waals surface area contributed by atoms with Gasteiger partial charge in [-0.25, -0.2) is 4.39 Å². The Hall–Kier alpha value is -0.250. The lowest BCUT2D eigenvalue weighted by molar-refractivity contribution is 0.556. The number of nitrogens with one attached hydrogen (secondary N) is 1. The van der Waals surface area contributed by atoms with Crippen molar-refractivity contribution in [3.05, 3.63) is 34.1 Å². The van der Waals surface area contributed by atoms with Gasteiger partial charge >= 0.3 is 0 Å². The van der Waals surface area contributed by atoms with Crippen LogP contribution in [0.5, 0.6) is 0 Å². The van der Waals surface area contributed by atoms with Gasteiger partial charge in [0.2, 0.25) is 0 Å². The van der Waals surface area contributed by atoms with Crippen LogP contribution in [0.1, 0.15) is 30.5 Å². The lowest BCUT2D eigenvalue weighted by Gasteiger charge is -2.26. The first-order valence-electron chi connectivity index (χ1n) is 5.52. The SMILES string of the molecule is CCCNC1CSCc2c1ccc(Cl)c2F. The van der Waals surface area contributed by atoms with Crippen LogP contribution in [0.2, 0.25) is 5.02 Å². The number of benzene rings is 1. The monoisotopic (exact) mass is 259 g/mol. The van der Waals surface area contributed by atoms with Crippen molar-refractivity contribution >= 4 is 23.4 Å². The summed E-state index contributed by atoms with van der Waals surface area (Å²) in [6, 6.07) is 3.88. The molecule has 1 aliphatic heterocycles. The zero-order valence-corrected chi connectivity index (χ0v) is 10.8. The molecule has 0 bridgehead atoms. The van der Waals surface area contributed by atoms with Gasteiger partial charge < -0.3 is 5.32 Å². The van der Waals surface area contributed by atoms with E-state index in [1.165, 1.54) is 0 Å². The Morgan fingerprint density at radius 1 is 1.56 bits per heavy atom. The smallest absolute Gasteiger partial charge is 0.146 e. The summed E-state index contributed by atoms with van der Waals surface area (Å²) in [4.78, 5) is 0. The van der Waals surface area contributed by atoms with Gasteiger partial charge in [-0.3, -0.25) is 0 Å². The molecule has 0 saturated heterocycles. The van der Waals surface area contributed by atoms with Crippen molar-refractivity contribution in [1.29, 1.82) is 0 Å². The fraction of sp³-hybridized carbons (Fsp3) is 0.500. The van der Waals surface area contributed by atoms with Crippen LogP contribution in [0, 0.1) is 5.82 Å². The number of fused-ring (bicyclic) bond motifs is 1. The molecule has 1 heterocycles. The average Bonchev–Trinajstić information content (AvgIpc) is 2.31. The third-order valence-corrected chi connectivity index (χ3v) is 4.13. The maximum atomic E-state index is 13.8. The van der Waals surface area contributed by atoms with Crippen molar-refractivity contribution in [3.8, 4) is 0 Å². The Morgan fingerprint density at radius 3 is 3.12 bits per heavy atom. The molecule has 1 aromatic rings. The topological polar surface area (TPSA) is 12.0 Å². The molecule has 1 aliphatic rings. The van der Waals surface area contributed by atoms with E-state index in [0.717, 1.165) is 35.6 Å². The Labute approximate surface area is 105 Å². The summed E-state index contributed by atoms with van der Waals surface area (Å²) in [5.41, 5.74) is 1.85. The molecular formula is C12H15ClFNS. The van der Waals surface area contributed by atoms with Gasteiger partial charge in [-0.2, -0.15) is 11.8 Å². The van der Waals surface area contributed by atoms with E-state index >= 15 is 0 Å². The van der Waals surface area contributed by atoms with Crippen LogP contribution < -0.4 is 5.32 Å². The quantitative estimate of drug-likeness (QED) is 0.887. The second-order valence-electron chi connectivity index (χ2n) is 3.95. The maximum Gasteiger partial charge on any atom is 0.146 e. The molecule has 0 saturated carbocycles. The highest BCUT2D eigenvalue weighted by molar-refractivity contribution is 7.98. The normalized spacial score (nSPS) is 19.6. The average molecular weight is 260 g/mol. The number of hydrogen-bond donors (Lipinski definition) is 1. The van der Waals surface area contributed by atoms with E-state index in [0.29, 0.717) is 0 Å². The van der Waals surface area contributed by atoms with E-state index in [2.05, 4.69) is 12.2 Å². The third kappa shape index (κ3) is 2.36. The van der Waals surface area contributed by atoms with E-state index in [-0.39, 0.29) is 16.9 Å². The van der Waals surface area contributed by atoms with Crippen LogP contribution in [0.25, 0.3) is 0 Å². The molecule has 0 amide bonds. The van der Waals surface area contributed by atoms with Crippen molar-refractivity contribution in [3.63, 3.8) is 0 Å². The van der Waals surface area contributed by atoms with Gasteiger partial charge in [-0.1, -0.05) is 24.6 Å². The molecule has 88 valence electrons. The molecule has 0 fully saturated rings. The van der Waals surface area contributed by atoms with Crippen LogP contribution in [0.15, 0.2) is 12.1 Å². The summed E-state index contributed by atoms with van der Waals surface area (Å²) in [5, 5.41) is 3.68. The molecule has 0 aliphatic carbocycles. The maximum absolute atomic E-state index is 13.8. The number of thioether (sulfide) groups is 1. The Kier molecular flexibility index (Phi) is 4.11. The van der Waals surface area contributed by atoms with Crippen molar-refractivity contribution in [1.82, 2.24) is 5.32 Å². The van der Waals surface area contributed by atoms with Crippen LogP contribution in [0.3, 0.4) is 0 Å². The summed E-state index contributed by atoms with van der Waals surface area (Å²) in [5.74, 6) is 1.50. The van der Waals surface area contributed by atoms with Crippen molar-refractivity contribution in [2.75, 3.05) is 12.3 Å². The largest absolute Gasteiger partial charge is 0.309 e. The number of halogens is 2. The number of rotatable bonds is 3. The molecule has 1 aromatic carbocycles. The fourth-order valence-corrected chi connectivity index (χ4v) is 3.26. The van der Waals surface area contributed by atoms with E-state index in [9.17, 15) is 4.39 Å². The highest BCUT2D eigenvalue weighted by atomic mass is 35.5. The Morgan fingerprint density at radius 2 is 2.38 bits per heavy atom. The Balaban J connectivity index is 2.28. The molecule has 0 aromatic heterocycles. The minimum atomic E-state index is -0.241. The lowest BCUT2D eigenvalue weighted by atomic mass is 10.0. The zero-order chi connectivity index (χ0) is 11.5. The highest BCUT2D eigenvalue weighted by Crippen LogP contribution is 2.35. The van der Waals surface area contributed by atoms with Gasteiger partial charge in [0.15, 0.2) is 0 Å². The second kappa shape index (κ2) is 5.39. The molecule has 1 unspecified atom stereocenters. The molecule has 1 N–H and O–H groups in total. The summed E-state index contributed by atoms with van der Waals surface area (Å²) < 4.78 is 13.8. The van der Waals surface area contributed by atoms with Gasteiger partial charge in [0.25, 0.3) is 0 Å². The third-order valence-electron chi connectivity index (χ3n) is 2.78. The minimum absolute atomic E-state index is 0.232. The lowest BCUT2D eigenvalue weighted by Crippen LogP contribution is -2.27. The van der Waals surface area contributed by atoms with Crippen molar-refractivity contribution in [2.45, 2.75) is 25.1 Å². The Bertz CT molecular complexity index is 384. The summed E-state index contributed by atoms with van der Waals surface area (Å²) in [6.45, 7) is 3.10. The van der Waals surface area contributed by atoms with E-state index in [1.807, 2.05) is 6.07 Å². The van der Waals surface area contributed by atoms with E-state index < -0.39 is 0 Å². The molecular weight excluding hydrogens is 245 g/mol. The predicted octanol–water partition coefficient (Wildman–Crippen LogP) is 3.77. The molecule has 16 heavy (non-hydrogen) atoms. The standard InChI is InChI=1S/C12H15ClFNS/c1-2-5-15-11-7-16-6-9-8(11)3-4-10(13)12(9)14/h3-4,11,15H,2,5-7H2,1H3. The molecule has 1 atom stereocenters. The van der Waals surface area contributed by atoms with Gasteiger partial charge in [-0.15, -0.1) is 0 Å². The second-order valence-corrected chi connectivity index (χ2v) is 5.39. The van der Waals surface area contributed by atoms with Gasteiger partial charge in [0, 0.05) is 23.1 Å². The van der Waals surface area contributed by atoms with Gasteiger partial charge in [0.05, 0.1) is 5.02 Å². The molecule has 1 nitrogen and oxygen atoms in total. The van der Waals surface area contributed by atoms with Crippen molar-refractivity contribution in [2.24, 2.45) is 0 Å². The molecule has 2 rings (SSSR count).